The van der Waals surface area contributed by atoms with Gasteiger partial charge in [0, 0.05) is 5.39 Å². The van der Waals surface area contributed by atoms with Crippen molar-refractivity contribution in [1.82, 2.24) is 9.55 Å². The van der Waals surface area contributed by atoms with Crippen molar-refractivity contribution in [1.29, 1.82) is 0 Å². The van der Waals surface area contributed by atoms with E-state index in [0.29, 0.717) is 5.69 Å². The molecule has 4 nitrogen and oxygen atoms in total. The van der Waals surface area contributed by atoms with E-state index < -0.39 is 5.91 Å². The molecule has 4 aromatic rings. The Morgan fingerprint density at radius 2 is 1.86 bits per heavy atom. The van der Waals surface area contributed by atoms with Gasteiger partial charge in [0.05, 0.1) is 15.7 Å². The van der Waals surface area contributed by atoms with Crippen molar-refractivity contribution >= 4 is 38.4 Å². The minimum Gasteiger partial charge on any atom is -0.364 e. The molecule has 4 rings (SSSR count). The minimum absolute atomic E-state index is 0.453. The van der Waals surface area contributed by atoms with Gasteiger partial charge in [0.25, 0.3) is 5.91 Å². The van der Waals surface area contributed by atoms with Crippen LogP contribution in [0.1, 0.15) is 10.5 Å². The van der Waals surface area contributed by atoms with Crippen LogP contribution < -0.4 is 5.73 Å². The van der Waals surface area contributed by atoms with Gasteiger partial charge in [0.15, 0.2) is 5.13 Å². The molecule has 21 heavy (non-hydrogen) atoms. The van der Waals surface area contributed by atoms with Crippen LogP contribution in [0.25, 0.3) is 26.3 Å². The molecule has 0 aliphatic carbocycles. The maximum atomic E-state index is 11.8. The van der Waals surface area contributed by atoms with E-state index in [1.54, 1.807) is 11.3 Å². The van der Waals surface area contributed by atoms with Crippen molar-refractivity contribution in [3.63, 3.8) is 0 Å². The van der Waals surface area contributed by atoms with Crippen molar-refractivity contribution in [2.24, 2.45) is 5.73 Å². The summed E-state index contributed by atoms with van der Waals surface area (Å²) < 4.78 is 2.92. The third-order valence-corrected chi connectivity index (χ3v) is 4.46. The molecule has 0 spiro atoms. The zero-order chi connectivity index (χ0) is 14.4. The van der Waals surface area contributed by atoms with Crippen LogP contribution in [0, 0.1) is 0 Å². The molecule has 0 aliphatic heterocycles. The Balaban J connectivity index is 2.08. The Bertz CT molecular complexity index is 950. The molecular weight excluding hydrogens is 282 g/mol. The van der Waals surface area contributed by atoms with Crippen molar-refractivity contribution in [3.8, 4) is 5.13 Å². The fourth-order valence-corrected chi connectivity index (χ4v) is 3.49. The van der Waals surface area contributed by atoms with E-state index in [2.05, 4.69) is 4.98 Å². The molecule has 2 aromatic heterocycles. The first-order chi connectivity index (χ1) is 10.2. The van der Waals surface area contributed by atoms with Gasteiger partial charge >= 0.3 is 0 Å². The summed E-state index contributed by atoms with van der Waals surface area (Å²) in [7, 11) is 0. The lowest BCUT2D eigenvalue weighted by Crippen LogP contribution is -2.15. The first-order valence-electron chi connectivity index (χ1n) is 6.50. The number of aromatic nitrogens is 2. The number of hydrogen-bond donors (Lipinski definition) is 1. The molecule has 0 fully saturated rings. The molecule has 0 unspecified atom stereocenters. The number of carbonyl (C=O) groups is 1. The largest absolute Gasteiger partial charge is 0.364 e. The zero-order valence-electron chi connectivity index (χ0n) is 11.0. The quantitative estimate of drug-likeness (QED) is 0.616. The summed E-state index contributed by atoms with van der Waals surface area (Å²) in [4.78, 5) is 16.4. The molecular formula is C16H11N3OS. The monoisotopic (exact) mass is 293 g/mol. The van der Waals surface area contributed by atoms with E-state index in [-0.39, 0.29) is 0 Å². The number of primary amides is 1. The van der Waals surface area contributed by atoms with Crippen LogP contribution in [-0.2, 0) is 0 Å². The molecule has 0 radical (unpaired) electrons. The second kappa shape index (κ2) is 4.43. The number of nitrogens with two attached hydrogens (primary N) is 1. The highest BCUT2D eigenvalue weighted by Crippen LogP contribution is 2.30. The van der Waals surface area contributed by atoms with E-state index >= 15 is 0 Å². The number of para-hydroxylation sites is 2. The van der Waals surface area contributed by atoms with E-state index in [4.69, 9.17) is 5.73 Å². The first kappa shape index (κ1) is 12.1. The topological polar surface area (TPSA) is 60.9 Å². The fraction of sp³-hybridized carbons (Fsp3) is 0. The number of thiazole rings is 1. The van der Waals surface area contributed by atoms with E-state index in [0.717, 1.165) is 26.3 Å². The number of fused-ring (bicyclic) bond motifs is 2. The van der Waals surface area contributed by atoms with Gasteiger partial charge in [-0.1, -0.05) is 41.7 Å². The molecule has 102 valence electrons. The summed E-state index contributed by atoms with van der Waals surface area (Å²) in [5.41, 5.74) is 7.84. The molecule has 0 bridgehead atoms. The number of rotatable bonds is 2. The van der Waals surface area contributed by atoms with Gasteiger partial charge < -0.3 is 5.73 Å². The second-order valence-corrected chi connectivity index (χ2v) is 5.76. The Kier molecular flexibility index (Phi) is 2.55. The lowest BCUT2D eigenvalue weighted by Gasteiger charge is -2.03. The summed E-state index contributed by atoms with van der Waals surface area (Å²) >= 11 is 1.55. The Labute approximate surface area is 124 Å². The average Bonchev–Trinajstić information content (AvgIpc) is 3.07. The van der Waals surface area contributed by atoms with E-state index in [9.17, 15) is 4.79 Å². The molecule has 5 heteroatoms. The predicted octanol–water partition coefficient (Wildman–Crippen LogP) is 3.34. The molecule has 2 heterocycles. The SMILES string of the molecule is NC(=O)c1cc2ccccc2n1-c1nc2ccccc2s1. The summed E-state index contributed by atoms with van der Waals surface area (Å²) in [6.45, 7) is 0. The number of nitrogens with zero attached hydrogens (tertiary/aromatic N) is 2. The number of benzene rings is 2. The Hall–Kier alpha value is -2.66. The Morgan fingerprint density at radius 1 is 1.10 bits per heavy atom. The smallest absolute Gasteiger partial charge is 0.265 e. The van der Waals surface area contributed by atoms with Crippen molar-refractivity contribution in [2.75, 3.05) is 0 Å². The third-order valence-electron chi connectivity index (χ3n) is 3.44. The Morgan fingerprint density at radius 3 is 2.67 bits per heavy atom. The first-order valence-corrected chi connectivity index (χ1v) is 7.32. The van der Waals surface area contributed by atoms with Gasteiger partial charge in [-0.25, -0.2) is 4.98 Å². The lowest BCUT2D eigenvalue weighted by atomic mass is 10.2. The molecule has 0 atom stereocenters. The van der Waals surface area contributed by atoms with Gasteiger partial charge in [-0.15, -0.1) is 0 Å². The number of hydrogen-bond acceptors (Lipinski definition) is 3. The second-order valence-electron chi connectivity index (χ2n) is 4.75. The van der Waals surface area contributed by atoms with Crippen LogP contribution in [0.15, 0.2) is 54.6 Å². The number of carbonyl (C=O) groups excluding carboxylic acids is 1. The molecule has 0 saturated carbocycles. The highest BCUT2D eigenvalue weighted by atomic mass is 32.1. The summed E-state index contributed by atoms with van der Waals surface area (Å²) in [6, 6.07) is 17.5. The standard InChI is InChI=1S/C16H11N3OS/c17-15(20)13-9-10-5-1-3-7-12(10)19(13)16-18-11-6-2-4-8-14(11)21-16/h1-9H,(H2,17,20). The third kappa shape index (κ3) is 1.82. The van der Waals surface area contributed by atoms with Gasteiger partial charge in [0.2, 0.25) is 0 Å². The summed E-state index contributed by atoms with van der Waals surface area (Å²) in [5, 5.41) is 1.73. The zero-order valence-corrected chi connectivity index (χ0v) is 11.8. The summed E-state index contributed by atoms with van der Waals surface area (Å²) in [5.74, 6) is -0.453. The molecule has 2 N–H and O–H groups in total. The van der Waals surface area contributed by atoms with Gasteiger partial charge in [-0.05, 0) is 24.3 Å². The number of amides is 1. The fourth-order valence-electron chi connectivity index (χ4n) is 2.50. The van der Waals surface area contributed by atoms with Crippen molar-refractivity contribution in [3.05, 3.63) is 60.3 Å². The maximum absolute atomic E-state index is 11.8. The van der Waals surface area contributed by atoms with Crippen LogP contribution in [0.4, 0.5) is 0 Å². The van der Waals surface area contributed by atoms with Crippen molar-refractivity contribution in [2.45, 2.75) is 0 Å². The lowest BCUT2D eigenvalue weighted by molar-refractivity contribution is 0.0994. The predicted molar refractivity (Wildman–Crippen MR) is 85.0 cm³/mol. The van der Waals surface area contributed by atoms with Crippen LogP contribution in [0.3, 0.4) is 0 Å². The van der Waals surface area contributed by atoms with Crippen LogP contribution in [0.2, 0.25) is 0 Å². The van der Waals surface area contributed by atoms with Gasteiger partial charge in [-0.2, -0.15) is 0 Å². The van der Waals surface area contributed by atoms with Crippen molar-refractivity contribution < 1.29 is 4.79 Å². The van der Waals surface area contributed by atoms with Gasteiger partial charge in [0.1, 0.15) is 5.69 Å². The molecule has 0 saturated heterocycles. The highest BCUT2D eigenvalue weighted by Gasteiger charge is 2.17. The normalized spacial score (nSPS) is 11.2. The highest BCUT2D eigenvalue weighted by molar-refractivity contribution is 7.20. The maximum Gasteiger partial charge on any atom is 0.265 e. The average molecular weight is 293 g/mol. The summed E-state index contributed by atoms with van der Waals surface area (Å²) in [6.07, 6.45) is 0. The molecule has 1 amide bonds. The van der Waals surface area contributed by atoms with E-state index in [1.807, 2.05) is 59.2 Å². The van der Waals surface area contributed by atoms with Crippen LogP contribution >= 0.6 is 11.3 Å². The van der Waals surface area contributed by atoms with E-state index in [1.165, 1.54) is 0 Å². The van der Waals surface area contributed by atoms with Gasteiger partial charge in [-0.3, -0.25) is 9.36 Å². The van der Waals surface area contributed by atoms with Crippen LogP contribution in [0.5, 0.6) is 0 Å². The molecule has 2 aromatic carbocycles. The molecule has 0 aliphatic rings. The van der Waals surface area contributed by atoms with Crippen LogP contribution in [-0.4, -0.2) is 15.5 Å². The minimum atomic E-state index is -0.453.